The van der Waals surface area contributed by atoms with Crippen LogP contribution in [0.3, 0.4) is 0 Å². The molecular formula is C19H22F6NO+. The monoisotopic (exact) mass is 394 g/mol. The molecule has 0 spiro atoms. The van der Waals surface area contributed by atoms with E-state index in [-0.39, 0.29) is 29.6 Å². The predicted octanol–water partition coefficient (Wildman–Crippen LogP) is 4.60. The van der Waals surface area contributed by atoms with Gasteiger partial charge in [0.1, 0.15) is 24.7 Å². The van der Waals surface area contributed by atoms with Gasteiger partial charge >= 0.3 is 12.4 Å². The number of hydrogen-bond donors (Lipinski definition) is 1. The molecule has 2 heterocycles. The minimum absolute atomic E-state index is 0.0405. The number of hydrogen-bond acceptors (Lipinski definition) is 1. The van der Waals surface area contributed by atoms with Gasteiger partial charge in [-0.1, -0.05) is 0 Å². The molecule has 0 amide bonds. The lowest BCUT2D eigenvalue weighted by Gasteiger charge is -2.44. The molecule has 1 aromatic rings. The average Bonchev–Trinajstić information content (AvgIpc) is 3.08. The summed E-state index contributed by atoms with van der Waals surface area (Å²) in [6.07, 6.45) is -7.48. The standard InChI is InChI=1S/C19H22F6NO/c1-17-12-2-3-15(17)16(27)10-26(17,5-4-12)9-11-6-13(18(20,21)22)8-14(7-11)19(23,24)25/h6-8,12,15-16,27H,2-5,9-10H2,1H3/q+1/t12-,15+,16-,17+,26+/m0/s1. The first-order chi connectivity index (χ1) is 12.4. The topological polar surface area (TPSA) is 20.2 Å². The highest BCUT2D eigenvalue weighted by Gasteiger charge is 2.70. The zero-order chi connectivity index (χ0) is 19.8. The van der Waals surface area contributed by atoms with E-state index in [1.165, 1.54) is 0 Å². The molecule has 0 radical (unpaired) electrons. The molecule has 1 saturated carbocycles. The van der Waals surface area contributed by atoms with Gasteiger partial charge in [0, 0.05) is 23.8 Å². The van der Waals surface area contributed by atoms with Gasteiger partial charge in [-0.25, -0.2) is 0 Å². The zero-order valence-corrected chi connectivity index (χ0v) is 14.9. The lowest BCUT2D eigenvalue weighted by atomic mass is 9.83. The van der Waals surface area contributed by atoms with Crippen molar-refractivity contribution in [1.82, 2.24) is 0 Å². The number of aliphatic hydroxyl groups excluding tert-OH is 1. The number of quaternary nitrogens is 1. The summed E-state index contributed by atoms with van der Waals surface area (Å²) in [6, 6.07) is 1.86. The van der Waals surface area contributed by atoms with Gasteiger partial charge in [0.15, 0.2) is 0 Å². The Hall–Kier alpha value is -1.28. The second-order valence-corrected chi connectivity index (χ2v) is 8.59. The maximum atomic E-state index is 13.2. The number of benzene rings is 1. The quantitative estimate of drug-likeness (QED) is 0.574. The van der Waals surface area contributed by atoms with Crippen LogP contribution in [0.2, 0.25) is 0 Å². The van der Waals surface area contributed by atoms with Crippen LogP contribution in [0.5, 0.6) is 0 Å². The number of alkyl halides is 6. The third-order valence-electron chi connectivity index (χ3n) is 7.46. The van der Waals surface area contributed by atoms with Crippen LogP contribution < -0.4 is 0 Å². The van der Waals surface area contributed by atoms with Crippen LogP contribution in [0.25, 0.3) is 0 Å². The number of halogens is 6. The molecule has 8 heteroatoms. The van der Waals surface area contributed by atoms with Gasteiger partial charge in [0.2, 0.25) is 0 Å². The largest absolute Gasteiger partial charge is 0.416 e. The van der Waals surface area contributed by atoms with Crippen LogP contribution in [0.1, 0.15) is 42.9 Å². The first-order valence-electron chi connectivity index (χ1n) is 9.19. The van der Waals surface area contributed by atoms with Gasteiger partial charge < -0.3 is 9.59 Å². The summed E-state index contributed by atoms with van der Waals surface area (Å²) in [5.74, 6) is 0.436. The van der Waals surface area contributed by atoms with E-state index in [2.05, 4.69) is 6.92 Å². The molecule has 2 aliphatic heterocycles. The lowest BCUT2D eigenvalue weighted by molar-refractivity contribution is -0.966. The summed E-state index contributed by atoms with van der Waals surface area (Å²) in [6.45, 7) is 3.24. The minimum Gasteiger partial charge on any atom is -0.387 e. The molecule has 0 bridgehead atoms. The normalized spacial score (nSPS) is 38.4. The van der Waals surface area contributed by atoms with Crippen LogP contribution >= 0.6 is 0 Å². The van der Waals surface area contributed by atoms with Gasteiger partial charge in [-0.3, -0.25) is 0 Å². The first-order valence-corrected chi connectivity index (χ1v) is 9.19. The fraction of sp³-hybridized carbons (Fsp3) is 0.684. The fourth-order valence-electron chi connectivity index (χ4n) is 6.22. The van der Waals surface area contributed by atoms with E-state index in [1.807, 2.05) is 0 Å². The van der Waals surface area contributed by atoms with E-state index >= 15 is 0 Å². The van der Waals surface area contributed by atoms with Crippen molar-refractivity contribution < 1.29 is 35.9 Å². The maximum Gasteiger partial charge on any atom is 0.416 e. The Balaban J connectivity index is 1.76. The van der Waals surface area contributed by atoms with E-state index in [9.17, 15) is 31.4 Å². The summed E-state index contributed by atoms with van der Waals surface area (Å²) in [4.78, 5) is 0. The van der Waals surface area contributed by atoms with Crippen molar-refractivity contribution in [3.8, 4) is 0 Å². The second-order valence-electron chi connectivity index (χ2n) is 8.59. The molecule has 1 aromatic carbocycles. The van der Waals surface area contributed by atoms with Gasteiger partial charge in [0.05, 0.1) is 17.7 Å². The third kappa shape index (κ3) is 2.70. The second kappa shape index (κ2) is 5.63. The molecule has 1 N–H and O–H groups in total. The lowest BCUT2D eigenvalue weighted by Crippen LogP contribution is -2.57. The van der Waals surface area contributed by atoms with Gasteiger partial charge in [-0.15, -0.1) is 0 Å². The molecule has 1 aliphatic carbocycles. The van der Waals surface area contributed by atoms with Crippen molar-refractivity contribution in [1.29, 1.82) is 0 Å². The fourth-order valence-corrected chi connectivity index (χ4v) is 6.22. The van der Waals surface area contributed by atoms with Gasteiger partial charge in [-0.05, 0) is 38.0 Å². The maximum absolute atomic E-state index is 13.2. The Morgan fingerprint density at radius 1 is 1.00 bits per heavy atom. The Labute approximate surface area is 153 Å². The summed E-state index contributed by atoms with van der Waals surface area (Å²) in [5, 5.41) is 10.5. The molecule has 0 unspecified atom stereocenters. The molecule has 2 nitrogen and oxygen atoms in total. The Morgan fingerprint density at radius 3 is 2.15 bits per heavy atom. The summed E-state index contributed by atoms with van der Waals surface area (Å²) < 4.78 is 79.4. The number of rotatable bonds is 2. The zero-order valence-electron chi connectivity index (χ0n) is 14.9. The highest BCUT2D eigenvalue weighted by atomic mass is 19.4. The van der Waals surface area contributed by atoms with Crippen molar-refractivity contribution in [2.45, 2.75) is 56.7 Å². The van der Waals surface area contributed by atoms with E-state index in [1.54, 1.807) is 0 Å². The molecule has 3 aliphatic rings. The van der Waals surface area contributed by atoms with Gasteiger partial charge in [-0.2, -0.15) is 26.3 Å². The number of nitrogens with zero attached hydrogens (tertiary/aromatic N) is 1. The van der Waals surface area contributed by atoms with Crippen molar-refractivity contribution >= 4 is 0 Å². The highest BCUT2D eigenvalue weighted by Crippen LogP contribution is 2.60. The summed E-state index contributed by atoms with van der Waals surface area (Å²) >= 11 is 0. The van der Waals surface area contributed by atoms with Crippen LogP contribution in [-0.2, 0) is 18.9 Å². The summed E-state index contributed by atoms with van der Waals surface area (Å²) in [7, 11) is 0. The smallest absolute Gasteiger partial charge is 0.387 e. The predicted molar refractivity (Wildman–Crippen MR) is 85.4 cm³/mol. The Kier molecular flexibility index (Phi) is 3.97. The summed E-state index contributed by atoms with van der Waals surface area (Å²) in [5.41, 5.74) is -2.77. The minimum atomic E-state index is -4.84. The van der Waals surface area contributed by atoms with E-state index in [0.29, 0.717) is 23.5 Å². The molecule has 0 aromatic heterocycles. The number of aliphatic hydroxyl groups is 1. The van der Waals surface area contributed by atoms with E-state index in [4.69, 9.17) is 0 Å². The molecule has 2 saturated heterocycles. The van der Waals surface area contributed by atoms with Gasteiger partial charge in [0.25, 0.3) is 0 Å². The SMILES string of the molecule is C[C@@]12[C@H]3CC[C@@H]1[C@@H](O)C[N@+]2(Cc1cc(C(F)(F)F)cc(C(F)(F)F)c1)CC3. The van der Waals surface area contributed by atoms with E-state index in [0.717, 1.165) is 31.4 Å². The molecular weight excluding hydrogens is 372 g/mol. The van der Waals surface area contributed by atoms with Crippen molar-refractivity contribution in [3.63, 3.8) is 0 Å². The molecule has 150 valence electrons. The van der Waals surface area contributed by atoms with E-state index < -0.39 is 29.6 Å². The van der Waals surface area contributed by atoms with Crippen LogP contribution in [-0.4, -0.2) is 34.3 Å². The van der Waals surface area contributed by atoms with Crippen LogP contribution in [0, 0.1) is 11.8 Å². The Morgan fingerprint density at radius 2 is 1.59 bits per heavy atom. The third-order valence-corrected chi connectivity index (χ3v) is 7.46. The first kappa shape index (κ1) is 19.1. The van der Waals surface area contributed by atoms with Crippen LogP contribution in [0.4, 0.5) is 26.3 Å². The molecule has 5 atom stereocenters. The average molecular weight is 394 g/mol. The molecule has 4 rings (SSSR count). The van der Waals surface area contributed by atoms with Crippen molar-refractivity contribution in [2.75, 3.05) is 13.1 Å². The van der Waals surface area contributed by atoms with Crippen molar-refractivity contribution in [2.24, 2.45) is 11.8 Å². The Bertz CT molecular complexity index is 727. The van der Waals surface area contributed by atoms with Crippen LogP contribution in [0.15, 0.2) is 18.2 Å². The molecule has 3 fully saturated rings. The molecule has 27 heavy (non-hydrogen) atoms. The highest BCUT2D eigenvalue weighted by molar-refractivity contribution is 5.33. The van der Waals surface area contributed by atoms with Crippen molar-refractivity contribution in [3.05, 3.63) is 34.9 Å².